The van der Waals surface area contributed by atoms with Crippen LogP contribution in [0.15, 0.2) is 24.3 Å². The van der Waals surface area contributed by atoms with Crippen LogP contribution in [-0.4, -0.2) is 30.9 Å². The summed E-state index contributed by atoms with van der Waals surface area (Å²) in [7, 11) is 0. The molecule has 0 amide bonds. The minimum Gasteiger partial charge on any atom is -0.465 e. The Balaban J connectivity index is 2.63. The van der Waals surface area contributed by atoms with Crippen LogP contribution >= 0.6 is 0 Å². The van der Waals surface area contributed by atoms with Gasteiger partial charge in [-0.2, -0.15) is 0 Å². The summed E-state index contributed by atoms with van der Waals surface area (Å²) in [5, 5.41) is 0. The fourth-order valence-corrected chi connectivity index (χ4v) is 3.59. The van der Waals surface area contributed by atoms with E-state index in [1.807, 2.05) is 6.08 Å². The zero-order valence-electron chi connectivity index (χ0n) is 13.1. The van der Waals surface area contributed by atoms with Crippen LogP contribution in [0.5, 0.6) is 0 Å². The second-order valence-electron chi connectivity index (χ2n) is 5.79. The lowest BCUT2D eigenvalue weighted by molar-refractivity contribution is -0.181. The molecule has 1 fully saturated rings. The number of allylic oxidation sites excluding steroid dienone is 3. The molecular formula is C17H22O5. The van der Waals surface area contributed by atoms with Crippen molar-refractivity contribution < 1.29 is 23.9 Å². The zero-order chi connectivity index (χ0) is 16.4. The standard InChI is InChI=1S/C17H22O5/c1-4-21-14(19)17(15(20)22-5-2)11-12(3)10-16(17)9-7-6-8-13(16)18/h7,9H,3-6,8,10-11H2,1-2H3. The fourth-order valence-electron chi connectivity index (χ4n) is 3.59. The molecular weight excluding hydrogens is 284 g/mol. The van der Waals surface area contributed by atoms with Gasteiger partial charge >= 0.3 is 11.9 Å². The Morgan fingerprint density at radius 3 is 2.27 bits per heavy atom. The van der Waals surface area contributed by atoms with Gasteiger partial charge in [0.1, 0.15) is 5.78 Å². The van der Waals surface area contributed by atoms with Crippen molar-refractivity contribution in [2.45, 2.75) is 39.5 Å². The Hall–Kier alpha value is -1.91. The first kappa shape index (κ1) is 16.5. The molecule has 1 spiro atoms. The van der Waals surface area contributed by atoms with E-state index < -0.39 is 22.8 Å². The molecule has 1 unspecified atom stereocenters. The number of hydrogen-bond donors (Lipinski definition) is 0. The second kappa shape index (κ2) is 6.07. The van der Waals surface area contributed by atoms with Crippen molar-refractivity contribution in [3.8, 4) is 0 Å². The molecule has 2 aliphatic rings. The van der Waals surface area contributed by atoms with Gasteiger partial charge in [0.2, 0.25) is 0 Å². The van der Waals surface area contributed by atoms with Crippen LogP contribution in [0.4, 0.5) is 0 Å². The lowest BCUT2D eigenvalue weighted by atomic mass is 9.60. The Morgan fingerprint density at radius 2 is 1.77 bits per heavy atom. The topological polar surface area (TPSA) is 69.7 Å². The number of rotatable bonds is 4. The van der Waals surface area contributed by atoms with Gasteiger partial charge < -0.3 is 9.47 Å². The van der Waals surface area contributed by atoms with Crippen LogP contribution in [0.3, 0.4) is 0 Å². The third-order valence-electron chi connectivity index (χ3n) is 4.49. The molecule has 2 aliphatic carbocycles. The first-order valence-electron chi connectivity index (χ1n) is 7.66. The number of ketones is 1. The number of hydrogen-bond acceptors (Lipinski definition) is 5. The maximum Gasteiger partial charge on any atom is 0.325 e. The fraction of sp³-hybridized carbons (Fsp3) is 0.588. The molecule has 0 aromatic rings. The lowest BCUT2D eigenvalue weighted by Gasteiger charge is -2.39. The zero-order valence-corrected chi connectivity index (χ0v) is 13.1. The molecule has 2 rings (SSSR count). The van der Waals surface area contributed by atoms with E-state index in [9.17, 15) is 14.4 Å². The van der Waals surface area contributed by atoms with Gasteiger partial charge in [-0.3, -0.25) is 14.4 Å². The maximum atomic E-state index is 12.7. The molecule has 0 aromatic carbocycles. The summed E-state index contributed by atoms with van der Waals surface area (Å²) < 4.78 is 10.3. The van der Waals surface area contributed by atoms with Crippen molar-refractivity contribution in [1.29, 1.82) is 0 Å². The molecule has 5 heteroatoms. The Kier molecular flexibility index (Phi) is 4.54. The van der Waals surface area contributed by atoms with E-state index in [1.54, 1.807) is 19.9 Å². The van der Waals surface area contributed by atoms with E-state index >= 15 is 0 Å². The average Bonchev–Trinajstić information content (AvgIpc) is 2.77. The van der Waals surface area contributed by atoms with Gasteiger partial charge in [-0.15, -0.1) is 0 Å². The predicted molar refractivity (Wildman–Crippen MR) is 79.9 cm³/mol. The molecule has 5 nitrogen and oxygen atoms in total. The van der Waals surface area contributed by atoms with Crippen molar-refractivity contribution >= 4 is 17.7 Å². The van der Waals surface area contributed by atoms with Gasteiger partial charge in [0, 0.05) is 6.42 Å². The minimum absolute atomic E-state index is 0.0980. The van der Waals surface area contributed by atoms with Crippen molar-refractivity contribution in [1.82, 2.24) is 0 Å². The number of carbonyl (C=O) groups excluding carboxylic acids is 3. The normalized spacial score (nSPS) is 26.3. The summed E-state index contributed by atoms with van der Waals surface area (Å²) in [4.78, 5) is 38.1. The second-order valence-corrected chi connectivity index (χ2v) is 5.79. The van der Waals surface area contributed by atoms with Crippen molar-refractivity contribution in [3.05, 3.63) is 24.3 Å². The third-order valence-corrected chi connectivity index (χ3v) is 4.49. The highest BCUT2D eigenvalue weighted by molar-refractivity contribution is 6.09. The van der Waals surface area contributed by atoms with Gasteiger partial charge in [-0.1, -0.05) is 24.3 Å². The summed E-state index contributed by atoms with van der Waals surface area (Å²) in [6, 6.07) is 0. The minimum atomic E-state index is -1.63. The van der Waals surface area contributed by atoms with Gasteiger partial charge in [-0.05, 0) is 33.1 Å². The van der Waals surface area contributed by atoms with Crippen LogP contribution in [0.1, 0.15) is 39.5 Å². The monoisotopic (exact) mass is 306 g/mol. The quantitative estimate of drug-likeness (QED) is 0.453. The van der Waals surface area contributed by atoms with Gasteiger partial charge in [0.05, 0.1) is 18.6 Å². The number of carbonyl (C=O) groups is 3. The molecule has 0 bridgehead atoms. The van der Waals surface area contributed by atoms with Crippen LogP contribution in [-0.2, 0) is 23.9 Å². The van der Waals surface area contributed by atoms with Gasteiger partial charge in [-0.25, -0.2) is 0 Å². The number of Topliss-reactive ketones (excluding diaryl/α,β-unsaturated/α-hetero) is 1. The SMILES string of the molecule is C=C1CC2(C=CCCC2=O)C(C(=O)OCC)(C(=O)OCC)C1. The van der Waals surface area contributed by atoms with Crippen LogP contribution in [0.25, 0.3) is 0 Å². The van der Waals surface area contributed by atoms with Gasteiger partial charge in [0.25, 0.3) is 0 Å². The van der Waals surface area contributed by atoms with E-state index in [1.165, 1.54) is 0 Å². The van der Waals surface area contributed by atoms with Crippen molar-refractivity contribution in [2.75, 3.05) is 13.2 Å². The van der Waals surface area contributed by atoms with Gasteiger partial charge in [0.15, 0.2) is 5.41 Å². The summed E-state index contributed by atoms with van der Waals surface area (Å²) in [6.07, 6.45) is 4.87. The first-order valence-corrected chi connectivity index (χ1v) is 7.66. The predicted octanol–water partition coefficient (Wildman–Crippen LogP) is 2.35. The van der Waals surface area contributed by atoms with Crippen LogP contribution < -0.4 is 0 Å². The molecule has 0 radical (unpaired) electrons. The van der Waals surface area contributed by atoms with Crippen LogP contribution in [0, 0.1) is 10.8 Å². The van der Waals surface area contributed by atoms with E-state index in [2.05, 4.69) is 6.58 Å². The maximum absolute atomic E-state index is 12.7. The van der Waals surface area contributed by atoms with Crippen molar-refractivity contribution in [3.63, 3.8) is 0 Å². The number of ether oxygens (including phenoxy) is 2. The average molecular weight is 306 g/mol. The van der Waals surface area contributed by atoms with E-state index in [-0.39, 0.29) is 25.4 Å². The molecule has 0 aromatic heterocycles. The summed E-state index contributed by atoms with van der Waals surface area (Å²) in [5.74, 6) is -1.49. The molecule has 0 N–H and O–H groups in total. The molecule has 0 heterocycles. The highest BCUT2D eigenvalue weighted by Gasteiger charge is 2.69. The summed E-state index contributed by atoms with van der Waals surface area (Å²) in [5.41, 5.74) is -2.15. The smallest absolute Gasteiger partial charge is 0.325 e. The Bertz CT molecular complexity index is 527. The highest BCUT2D eigenvalue weighted by Crippen LogP contribution is 2.59. The number of esters is 2. The lowest BCUT2D eigenvalue weighted by Crippen LogP contribution is -2.55. The van der Waals surface area contributed by atoms with Crippen molar-refractivity contribution in [2.24, 2.45) is 10.8 Å². The van der Waals surface area contributed by atoms with Crippen LogP contribution in [0.2, 0.25) is 0 Å². The van der Waals surface area contributed by atoms with E-state index in [0.29, 0.717) is 24.8 Å². The summed E-state index contributed by atoms with van der Waals surface area (Å²) >= 11 is 0. The highest BCUT2D eigenvalue weighted by atomic mass is 16.6. The molecule has 0 aliphatic heterocycles. The third kappa shape index (κ3) is 2.19. The molecule has 120 valence electrons. The molecule has 0 saturated heterocycles. The van der Waals surface area contributed by atoms with E-state index in [0.717, 1.165) is 0 Å². The molecule has 22 heavy (non-hydrogen) atoms. The first-order chi connectivity index (χ1) is 10.4. The molecule has 1 atom stereocenters. The Labute approximate surface area is 130 Å². The Morgan fingerprint density at radius 1 is 1.18 bits per heavy atom. The molecule has 1 saturated carbocycles. The largest absolute Gasteiger partial charge is 0.465 e. The summed E-state index contributed by atoms with van der Waals surface area (Å²) in [6.45, 7) is 7.54. The van der Waals surface area contributed by atoms with E-state index in [4.69, 9.17) is 9.47 Å².